The molecule has 0 saturated carbocycles. The van der Waals surface area contributed by atoms with Crippen LogP contribution in [0.4, 0.5) is 4.39 Å². The summed E-state index contributed by atoms with van der Waals surface area (Å²) in [6.07, 6.45) is 4.15. The largest absolute Gasteiger partial charge is 0.496 e. The number of carbonyl (C=O) groups is 3. The van der Waals surface area contributed by atoms with Crippen LogP contribution in [-0.2, 0) is 19.2 Å². The van der Waals surface area contributed by atoms with Crippen molar-refractivity contribution in [1.82, 2.24) is 0 Å². The summed E-state index contributed by atoms with van der Waals surface area (Å²) in [6, 6.07) is 3.95. The average molecular weight is 576 g/mol. The molecule has 0 aliphatic rings. The molecule has 1 N–H and O–H groups in total. The number of benzene rings is 1. The van der Waals surface area contributed by atoms with Crippen LogP contribution in [0, 0.1) is 23.6 Å². The van der Waals surface area contributed by atoms with Gasteiger partial charge in [-0.05, 0) is 89.3 Å². The smallest absolute Gasteiger partial charge is 0.161 e. The van der Waals surface area contributed by atoms with Crippen molar-refractivity contribution in [1.29, 1.82) is 0 Å². The molecule has 0 spiro atoms. The molecular formula is C33H50FNO6. The molecule has 0 heterocycles. The molecule has 0 fully saturated rings. The van der Waals surface area contributed by atoms with Crippen molar-refractivity contribution in [2.45, 2.75) is 112 Å². The summed E-state index contributed by atoms with van der Waals surface area (Å²) in [5, 5.41) is 15.2. The van der Waals surface area contributed by atoms with Crippen molar-refractivity contribution in [2.75, 3.05) is 7.11 Å². The van der Waals surface area contributed by atoms with E-state index < -0.39 is 17.8 Å². The number of Topliss-reactive ketones (excluding diaryl/α,β-unsaturated/α-hetero) is 3. The third-order valence-corrected chi connectivity index (χ3v) is 6.99. The van der Waals surface area contributed by atoms with Gasteiger partial charge in [0.2, 0.25) is 0 Å². The van der Waals surface area contributed by atoms with Gasteiger partial charge in [-0.2, -0.15) is 0 Å². The quantitative estimate of drug-likeness (QED) is 0.0991. The highest BCUT2D eigenvalue weighted by molar-refractivity contribution is 6.20. The molecule has 0 aromatic heterocycles. The van der Waals surface area contributed by atoms with E-state index in [0.29, 0.717) is 60.6 Å². The maximum absolute atomic E-state index is 14.0. The fourth-order valence-corrected chi connectivity index (χ4v) is 4.88. The fraction of sp³-hybridized carbons (Fsp3) is 0.636. The summed E-state index contributed by atoms with van der Waals surface area (Å²) in [4.78, 5) is 42.9. The Bertz CT molecular complexity index is 1060. The molecule has 3 atom stereocenters. The van der Waals surface area contributed by atoms with Gasteiger partial charge in [-0.25, -0.2) is 4.39 Å². The first-order valence-electron chi connectivity index (χ1n) is 14.8. The molecule has 1 aromatic carbocycles. The van der Waals surface area contributed by atoms with Crippen LogP contribution >= 0.6 is 0 Å². The Balaban J connectivity index is 3.17. The number of methoxy groups -OCH3 is 1. The number of halogens is 1. The molecule has 0 amide bonds. The zero-order valence-corrected chi connectivity index (χ0v) is 26.2. The van der Waals surface area contributed by atoms with Crippen molar-refractivity contribution in [3.8, 4) is 5.75 Å². The first-order valence-corrected chi connectivity index (χ1v) is 14.8. The SMILES string of the molecule is CCC(=O)C[C@H](CCC(=O)CCC(/C=C(C(C)=O)/C(C)=N/OC(C)C)CC(O)c1cc(F)ccc1OC)CC(C)C. The van der Waals surface area contributed by atoms with Crippen molar-refractivity contribution >= 4 is 23.1 Å². The van der Waals surface area contributed by atoms with Crippen molar-refractivity contribution in [3.05, 3.63) is 41.2 Å². The number of nitrogens with zero attached hydrogens (tertiary/aromatic N) is 1. The number of ketones is 3. The monoisotopic (exact) mass is 575 g/mol. The number of hydrogen-bond acceptors (Lipinski definition) is 7. The molecule has 0 saturated heterocycles. The Morgan fingerprint density at radius 1 is 1.02 bits per heavy atom. The molecule has 230 valence electrons. The lowest BCUT2D eigenvalue weighted by Gasteiger charge is -2.21. The second-order valence-electron chi connectivity index (χ2n) is 11.6. The Morgan fingerprint density at radius 3 is 2.24 bits per heavy atom. The highest BCUT2D eigenvalue weighted by atomic mass is 19.1. The minimum atomic E-state index is -1.09. The first kappa shape index (κ1) is 36.2. The summed E-state index contributed by atoms with van der Waals surface area (Å²) in [5.74, 6) is 0.132. The zero-order valence-electron chi connectivity index (χ0n) is 26.2. The van der Waals surface area contributed by atoms with Gasteiger partial charge in [0.25, 0.3) is 0 Å². The van der Waals surface area contributed by atoms with E-state index in [-0.39, 0.29) is 42.2 Å². The highest BCUT2D eigenvalue weighted by Gasteiger charge is 2.23. The zero-order chi connectivity index (χ0) is 31.1. The maximum Gasteiger partial charge on any atom is 0.161 e. The van der Waals surface area contributed by atoms with E-state index in [1.165, 1.54) is 32.2 Å². The van der Waals surface area contributed by atoms with E-state index in [1.54, 1.807) is 13.0 Å². The number of ether oxygens (including phenoxy) is 1. The number of oxime groups is 1. The van der Waals surface area contributed by atoms with E-state index in [4.69, 9.17) is 9.57 Å². The molecule has 8 heteroatoms. The standard InChI is InChI=1S/C33H50FNO6/c1-9-28(37)17-25(16-21(2)3)10-13-29(38)14-11-26(18-30(24(7)36)23(6)35-41-22(4)5)19-32(39)31-20-27(34)12-15-33(31)40-8/h12,15,18,20-22,25-26,32,39H,9-11,13-14,16-17,19H2,1-8H3/b30-18-,35-23+/t25-,26?,32?/m1/s1. The lowest BCUT2D eigenvalue weighted by atomic mass is 9.86. The van der Waals surface area contributed by atoms with Crippen molar-refractivity contribution < 1.29 is 33.5 Å². The van der Waals surface area contributed by atoms with Gasteiger partial charge < -0.3 is 14.7 Å². The minimum absolute atomic E-state index is 0.0665. The third-order valence-electron chi connectivity index (χ3n) is 6.99. The molecule has 41 heavy (non-hydrogen) atoms. The van der Waals surface area contributed by atoms with Gasteiger partial charge in [-0.1, -0.05) is 32.0 Å². The van der Waals surface area contributed by atoms with Crippen molar-refractivity contribution in [3.63, 3.8) is 0 Å². The van der Waals surface area contributed by atoms with Crippen molar-refractivity contribution in [2.24, 2.45) is 22.9 Å². The average Bonchev–Trinajstić information content (AvgIpc) is 2.90. The van der Waals surface area contributed by atoms with Gasteiger partial charge in [-0.3, -0.25) is 14.4 Å². The Morgan fingerprint density at radius 2 is 1.68 bits per heavy atom. The molecule has 0 aliphatic heterocycles. The van der Waals surface area contributed by atoms with Crippen LogP contribution < -0.4 is 4.74 Å². The number of aliphatic hydroxyl groups is 1. The summed E-state index contributed by atoms with van der Waals surface area (Å²) >= 11 is 0. The molecule has 7 nitrogen and oxygen atoms in total. The third kappa shape index (κ3) is 14.0. The van der Waals surface area contributed by atoms with Crippen LogP contribution in [0.25, 0.3) is 0 Å². The summed E-state index contributed by atoms with van der Waals surface area (Å²) in [6.45, 7) is 12.9. The molecule has 0 radical (unpaired) electrons. The minimum Gasteiger partial charge on any atom is -0.496 e. The number of carbonyl (C=O) groups excluding carboxylic acids is 3. The molecule has 1 rings (SSSR count). The van der Waals surface area contributed by atoms with Gasteiger partial charge in [0.05, 0.1) is 18.9 Å². The van der Waals surface area contributed by atoms with E-state index in [0.717, 1.165) is 6.42 Å². The summed E-state index contributed by atoms with van der Waals surface area (Å²) < 4.78 is 19.3. The highest BCUT2D eigenvalue weighted by Crippen LogP contribution is 2.33. The van der Waals surface area contributed by atoms with E-state index >= 15 is 0 Å². The van der Waals surface area contributed by atoms with Crippen LogP contribution in [-0.4, -0.2) is 41.4 Å². The van der Waals surface area contributed by atoms with Crippen LogP contribution in [0.2, 0.25) is 0 Å². The molecule has 0 bridgehead atoms. The molecular weight excluding hydrogens is 525 g/mol. The second kappa shape index (κ2) is 18.5. The molecule has 2 unspecified atom stereocenters. The predicted molar refractivity (Wildman–Crippen MR) is 160 cm³/mol. The fourth-order valence-electron chi connectivity index (χ4n) is 4.88. The normalized spacial score (nSPS) is 14.6. The number of rotatable bonds is 20. The lowest BCUT2D eigenvalue weighted by Crippen LogP contribution is -2.15. The number of aliphatic hydroxyl groups excluding tert-OH is 1. The van der Waals surface area contributed by atoms with E-state index in [1.807, 2.05) is 20.8 Å². The first-order chi connectivity index (χ1) is 19.3. The molecule has 1 aromatic rings. The topological polar surface area (TPSA) is 102 Å². The van der Waals surface area contributed by atoms with Gasteiger partial charge in [0, 0.05) is 36.8 Å². The van der Waals surface area contributed by atoms with Crippen LogP contribution in [0.1, 0.15) is 112 Å². The van der Waals surface area contributed by atoms with Crippen LogP contribution in [0.3, 0.4) is 0 Å². The van der Waals surface area contributed by atoms with Crippen LogP contribution in [0.5, 0.6) is 5.75 Å². The van der Waals surface area contributed by atoms with E-state index in [9.17, 15) is 23.9 Å². The Hall–Kier alpha value is -2.87. The van der Waals surface area contributed by atoms with Gasteiger partial charge >= 0.3 is 0 Å². The Kier molecular flexibility index (Phi) is 16.3. The van der Waals surface area contributed by atoms with Crippen LogP contribution in [0.15, 0.2) is 35.0 Å². The molecule has 0 aliphatic carbocycles. The van der Waals surface area contributed by atoms with Gasteiger partial charge in [0.1, 0.15) is 29.2 Å². The maximum atomic E-state index is 14.0. The lowest BCUT2D eigenvalue weighted by molar-refractivity contribution is -0.122. The predicted octanol–water partition coefficient (Wildman–Crippen LogP) is 7.35. The second-order valence-corrected chi connectivity index (χ2v) is 11.6. The summed E-state index contributed by atoms with van der Waals surface area (Å²) in [7, 11) is 1.45. The summed E-state index contributed by atoms with van der Waals surface area (Å²) in [5.41, 5.74) is 1.04. The van der Waals surface area contributed by atoms with Gasteiger partial charge in [0.15, 0.2) is 5.78 Å². The van der Waals surface area contributed by atoms with E-state index in [2.05, 4.69) is 19.0 Å². The Labute approximate surface area is 245 Å². The van der Waals surface area contributed by atoms with Gasteiger partial charge in [-0.15, -0.1) is 0 Å². The number of hydrogen-bond donors (Lipinski definition) is 1. The number of allylic oxidation sites excluding steroid dienone is 2.